The fraction of sp³-hybridized carbons (Fsp3) is 0.423. The maximum Gasteiger partial charge on any atom is 0.295 e. The maximum atomic E-state index is 13.2. The van der Waals surface area contributed by atoms with Crippen LogP contribution in [0.4, 0.5) is 0 Å². The average molecular weight is 482 g/mol. The number of carbonyl (C=O) groups excluding carboxylic acids is 2. The SMILES string of the molecule is CCOc1ccc(C2C(=C(O)c3ccncc3)C(=O)C(=O)N2CCN2CCOCC2)cc1OCC. The molecule has 1 unspecified atom stereocenters. The molecule has 4 rings (SSSR count). The summed E-state index contributed by atoms with van der Waals surface area (Å²) >= 11 is 0. The van der Waals surface area contributed by atoms with E-state index >= 15 is 0 Å². The number of amides is 1. The Hall–Kier alpha value is -3.43. The molecule has 1 aromatic heterocycles. The number of pyridine rings is 1. The number of likely N-dealkylation sites (tertiary alicyclic amines) is 1. The van der Waals surface area contributed by atoms with Gasteiger partial charge in [0.15, 0.2) is 11.5 Å². The third-order valence-corrected chi connectivity index (χ3v) is 6.14. The molecule has 1 N–H and O–H groups in total. The first-order valence-corrected chi connectivity index (χ1v) is 11.9. The second-order valence-corrected chi connectivity index (χ2v) is 8.25. The minimum absolute atomic E-state index is 0.0507. The minimum Gasteiger partial charge on any atom is -0.507 e. The summed E-state index contributed by atoms with van der Waals surface area (Å²) in [6, 6.07) is 7.82. The molecule has 0 aliphatic carbocycles. The van der Waals surface area contributed by atoms with E-state index in [0.717, 1.165) is 13.1 Å². The fourth-order valence-electron chi connectivity index (χ4n) is 4.43. The van der Waals surface area contributed by atoms with Gasteiger partial charge in [-0.15, -0.1) is 0 Å². The van der Waals surface area contributed by atoms with E-state index in [1.54, 1.807) is 24.3 Å². The van der Waals surface area contributed by atoms with Crippen LogP contribution in [0.25, 0.3) is 5.76 Å². The molecule has 186 valence electrons. The van der Waals surface area contributed by atoms with Gasteiger partial charge in [0.2, 0.25) is 0 Å². The van der Waals surface area contributed by atoms with Gasteiger partial charge >= 0.3 is 0 Å². The molecule has 1 atom stereocenters. The molecule has 35 heavy (non-hydrogen) atoms. The minimum atomic E-state index is -0.765. The Morgan fingerprint density at radius 2 is 1.71 bits per heavy atom. The Balaban J connectivity index is 1.77. The van der Waals surface area contributed by atoms with E-state index in [1.807, 2.05) is 19.9 Å². The molecule has 0 saturated carbocycles. The van der Waals surface area contributed by atoms with Crippen molar-refractivity contribution in [1.82, 2.24) is 14.8 Å². The largest absolute Gasteiger partial charge is 0.507 e. The van der Waals surface area contributed by atoms with Gasteiger partial charge in [-0.25, -0.2) is 0 Å². The quantitative estimate of drug-likeness (QED) is 0.331. The van der Waals surface area contributed by atoms with Gasteiger partial charge in [0.1, 0.15) is 5.76 Å². The van der Waals surface area contributed by atoms with Crippen molar-refractivity contribution in [3.63, 3.8) is 0 Å². The highest BCUT2D eigenvalue weighted by molar-refractivity contribution is 6.46. The Morgan fingerprint density at radius 3 is 2.40 bits per heavy atom. The van der Waals surface area contributed by atoms with Crippen LogP contribution in [0.15, 0.2) is 48.3 Å². The number of hydrogen-bond acceptors (Lipinski definition) is 8. The molecule has 9 heteroatoms. The third-order valence-electron chi connectivity index (χ3n) is 6.14. The zero-order chi connectivity index (χ0) is 24.8. The average Bonchev–Trinajstić information content (AvgIpc) is 3.14. The molecular formula is C26H31N3O6. The molecule has 0 spiro atoms. The number of aliphatic hydroxyl groups excluding tert-OH is 1. The van der Waals surface area contributed by atoms with E-state index in [0.29, 0.717) is 62.1 Å². The standard InChI is InChI=1S/C26H31N3O6/c1-3-34-20-6-5-19(17-21(20)35-4-2)23-22(24(30)18-7-9-27-10-8-18)25(31)26(32)29(23)12-11-28-13-15-33-16-14-28/h5-10,17,23,30H,3-4,11-16H2,1-2H3. The highest BCUT2D eigenvalue weighted by Gasteiger charge is 2.46. The van der Waals surface area contributed by atoms with Crippen LogP contribution in [0.5, 0.6) is 11.5 Å². The van der Waals surface area contributed by atoms with Gasteiger partial charge in [-0.2, -0.15) is 0 Å². The maximum absolute atomic E-state index is 13.2. The number of carbonyl (C=O) groups is 2. The van der Waals surface area contributed by atoms with Crippen molar-refractivity contribution >= 4 is 17.4 Å². The second kappa shape index (κ2) is 11.3. The number of nitrogens with zero attached hydrogens (tertiary/aromatic N) is 3. The summed E-state index contributed by atoms with van der Waals surface area (Å²) in [5, 5.41) is 11.2. The monoisotopic (exact) mass is 481 g/mol. The topological polar surface area (TPSA) is 101 Å². The van der Waals surface area contributed by atoms with Crippen molar-refractivity contribution in [1.29, 1.82) is 0 Å². The summed E-state index contributed by atoms with van der Waals surface area (Å²) in [5.41, 5.74) is 1.13. The molecule has 2 aliphatic heterocycles. The molecule has 3 heterocycles. The second-order valence-electron chi connectivity index (χ2n) is 8.25. The lowest BCUT2D eigenvalue weighted by Gasteiger charge is -2.31. The third kappa shape index (κ3) is 5.31. The molecule has 1 amide bonds. The van der Waals surface area contributed by atoms with E-state index < -0.39 is 17.7 Å². The van der Waals surface area contributed by atoms with Gasteiger partial charge in [0, 0.05) is 44.1 Å². The zero-order valence-corrected chi connectivity index (χ0v) is 20.1. The molecule has 0 bridgehead atoms. The summed E-state index contributed by atoms with van der Waals surface area (Å²) in [6.45, 7) is 8.40. The Bertz CT molecular complexity index is 1080. The number of aromatic nitrogens is 1. The lowest BCUT2D eigenvalue weighted by molar-refractivity contribution is -0.140. The van der Waals surface area contributed by atoms with Gasteiger partial charge in [-0.05, 0) is 43.7 Å². The number of ether oxygens (including phenoxy) is 3. The first-order chi connectivity index (χ1) is 17.0. The predicted molar refractivity (Wildman–Crippen MR) is 129 cm³/mol. The van der Waals surface area contributed by atoms with E-state index in [4.69, 9.17) is 14.2 Å². The zero-order valence-electron chi connectivity index (χ0n) is 20.1. The Labute approximate surface area is 204 Å². The predicted octanol–water partition coefficient (Wildman–Crippen LogP) is 2.63. The van der Waals surface area contributed by atoms with Crippen molar-refractivity contribution in [2.24, 2.45) is 0 Å². The fourth-order valence-corrected chi connectivity index (χ4v) is 4.43. The van der Waals surface area contributed by atoms with Crippen molar-refractivity contribution < 1.29 is 28.9 Å². The van der Waals surface area contributed by atoms with E-state index in [9.17, 15) is 14.7 Å². The molecule has 2 saturated heterocycles. The highest BCUT2D eigenvalue weighted by Crippen LogP contribution is 2.42. The number of ketones is 1. The van der Waals surface area contributed by atoms with Crippen LogP contribution >= 0.6 is 0 Å². The number of Topliss-reactive ketones (excluding diaryl/α,β-unsaturated/α-hetero) is 1. The Kier molecular flexibility index (Phi) is 7.99. The van der Waals surface area contributed by atoms with Crippen molar-refractivity contribution in [3.05, 3.63) is 59.4 Å². The van der Waals surface area contributed by atoms with E-state index in [2.05, 4.69) is 9.88 Å². The Morgan fingerprint density at radius 1 is 1.03 bits per heavy atom. The van der Waals surface area contributed by atoms with E-state index in [-0.39, 0.29) is 11.3 Å². The number of morpholine rings is 1. The summed E-state index contributed by atoms with van der Waals surface area (Å²) in [5.74, 6) is -0.465. The molecule has 9 nitrogen and oxygen atoms in total. The van der Waals surface area contributed by atoms with Gasteiger partial charge in [0.05, 0.1) is 38.0 Å². The highest BCUT2D eigenvalue weighted by atomic mass is 16.5. The smallest absolute Gasteiger partial charge is 0.295 e. The molecule has 0 radical (unpaired) electrons. The molecule has 2 aliphatic rings. The molecule has 2 aromatic rings. The van der Waals surface area contributed by atoms with Crippen LogP contribution in [0.2, 0.25) is 0 Å². The normalized spacial score (nSPS) is 20.3. The summed E-state index contributed by atoms with van der Waals surface area (Å²) in [7, 11) is 0. The lowest BCUT2D eigenvalue weighted by Crippen LogP contribution is -2.42. The number of aliphatic hydroxyl groups is 1. The van der Waals surface area contributed by atoms with Gasteiger partial charge in [-0.1, -0.05) is 6.07 Å². The van der Waals surface area contributed by atoms with Crippen LogP contribution in [0, 0.1) is 0 Å². The first kappa shape index (κ1) is 24.7. The summed E-state index contributed by atoms with van der Waals surface area (Å²) in [4.78, 5) is 34.2. The molecule has 1 aromatic carbocycles. The molecular weight excluding hydrogens is 450 g/mol. The van der Waals surface area contributed by atoms with Gasteiger partial charge in [-0.3, -0.25) is 19.5 Å². The molecule has 2 fully saturated rings. The number of benzene rings is 1. The van der Waals surface area contributed by atoms with Crippen molar-refractivity contribution in [2.75, 3.05) is 52.6 Å². The summed E-state index contributed by atoms with van der Waals surface area (Å²) in [6.07, 6.45) is 3.06. The number of rotatable bonds is 9. The van der Waals surface area contributed by atoms with Gasteiger partial charge < -0.3 is 24.2 Å². The van der Waals surface area contributed by atoms with Crippen molar-refractivity contribution in [3.8, 4) is 11.5 Å². The summed E-state index contributed by atoms with van der Waals surface area (Å²) < 4.78 is 16.9. The van der Waals surface area contributed by atoms with Gasteiger partial charge in [0.25, 0.3) is 11.7 Å². The van der Waals surface area contributed by atoms with Crippen molar-refractivity contribution in [2.45, 2.75) is 19.9 Å². The van der Waals surface area contributed by atoms with E-state index in [1.165, 1.54) is 17.3 Å². The van der Waals surface area contributed by atoms with Crippen LogP contribution < -0.4 is 9.47 Å². The number of hydrogen-bond donors (Lipinski definition) is 1. The first-order valence-electron chi connectivity index (χ1n) is 11.9. The van der Waals surface area contributed by atoms with Crippen LogP contribution in [-0.2, 0) is 14.3 Å². The van der Waals surface area contributed by atoms with Crippen LogP contribution in [0.1, 0.15) is 31.0 Å². The van der Waals surface area contributed by atoms with Crippen LogP contribution in [-0.4, -0.2) is 84.2 Å². The lowest BCUT2D eigenvalue weighted by atomic mass is 9.95. The van der Waals surface area contributed by atoms with Crippen LogP contribution in [0.3, 0.4) is 0 Å².